The van der Waals surface area contributed by atoms with Crippen LogP contribution in [-0.4, -0.2) is 23.3 Å². The highest BCUT2D eigenvalue weighted by molar-refractivity contribution is 5.78. The van der Waals surface area contributed by atoms with Crippen LogP contribution in [0.15, 0.2) is 37.8 Å². The van der Waals surface area contributed by atoms with Crippen LogP contribution >= 0.6 is 0 Å². The standard InChI is InChI=1S/C6H9NO.C6H8O2/c1-2-7-5-3-4-6(7)8;1-3-4-5-8-6(2)7/h2H,1,3-5H2;3-5H,1H2,2H3. The smallest absolute Gasteiger partial charge is 0.307 e. The van der Waals surface area contributed by atoms with Gasteiger partial charge in [0.15, 0.2) is 0 Å². The first kappa shape index (κ1) is 14.2. The van der Waals surface area contributed by atoms with E-state index in [0.717, 1.165) is 13.0 Å². The molecular formula is C12H17NO3. The third-order valence-corrected chi connectivity index (χ3v) is 1.78. The molecule has 0 aromatic heterocycles. The van der Waals surface area contributed by atoms with Gasteiger partial charge in [0, 0.05) is 19.9 Å². The molecule has 1 rings (SSSR count). The van der Waals surface area contributed by atoms with E-state index in [2.05, 4.69) is 17.9 Å². The summed E-state index contributed by atoms with van der Waals surface area (Å²) in [5.41, 5.74) is 0. The van der Waals surface area contributed by atoms with Crippen LogP contribution in [0.2, 0.25) is 0 Å². The van der Waals surface area contributed by atoms with Crippen molar-refractivity contribution in [3.05, 3.63) is 37.8 Å². The summed E-state index contributed by atoms with van der Waals surface area (Å²) in [6.45, 7) is 9.08. The molecule has 4 nitrogen and oxygen atoms in total. The number of carbonyl (C=O) groups excluding carboxylic acids is 2. The molecule has 1 aliphatic heterocycles. The number of amides is 1. The number of nitrogens with zero attached hydrogens (tertiary/aromatic N) is 1. The summed E-state index contributed by atoms with van der Waals surface area (Å²) in [6.07, 6.45) is 7.64. The molecule has 0 aliphatic carbocycles. The van der Waals surface area contributed by atoms with E-state index < -0.39 is 0 Å². The molecule has 0 bridgehead atoms. The van der Waals surface area contributed by atoms with Gasteiger partial charge in [0.1, 0.15) is 0 Å². The molecule has 16 heavy (non-hydrogen) atoms. The van der Waals surface area contributed by atoms with Crippen LogP contribution in [0.1, 0.15) is 19.8 Å². The van der Waals surface area contributed by atoms with Gasteiger partial charge in [0.25, 0.3) is 0 Å². The molecular weight excluding hydrogens is 206 g/mol. The Bertz CT molecular complexity index is 295. The number of hydrogen-bond acceptors (Lipinski definition) is 3. The predicted molar refractivity (Wildman–Crippen MR) is 62.2 cm³/mol. The summed E-state index contributed by atoms with van der Waals surface area (Å²) in [7, 11) is 0. The molecule has 0 N–H and O–H groups in total. The van der Waals surface area contributed by atoms with Crippen LogP contribution in [0, 0.1) is 0 Å². The Hall–Kier alpha value is -1.84. The van der Waals surface area contributed by atoms with Crippen molar-refractivity contribution in [3.63, 3.8) is 0 Å². The second-order valence-electron chi connectivity index (χ2n) is 3.05. The third kappa shape index (κ3) is 6.59. The van der Waals surface area contributed by atoms with E-state index in [-0.39, 0.29) is 11.9 Å². The summed E-state index contributed by atoms with van der Waals surface area (Å²) in [5.74, 6) is -0.108. The molecule has 0 atom stereocenters. The maximum Gasteiger partial charge on any atom is 0.307 e. The highest BCUT2D eigenvalue weighted by atomic mass is 16.5. The fourth-order valence-electron chi connectivity index (χ4n) is 1.05. The second kappa shape index (κ2) is 8.47. The maximum atomic E-state index is 10.7. The van der Waals surface area contributed by atoms with Gasteiger partial charge in [-0.05, 0) is 18.7 Å². The molecule has 0 aromatic carbocycles. The molecule has 1 aliphatic rings. The molecule has 1 saturated heterocycles. The van der Waals surface area contributed by atoms with Gasteiger partial charge in [-0.2, -0.15) is 0 Å². The van der Waals surface area contributed by atoms with Crippen LogP contribution in [0.4, 0.5) is 0 Å². The fourth-order valence-corrected chi connectivity index (χ4v) is 1.05. The van der Waals surface area contributed by atoms with E-state index >= 15 is 0 Å². The highest BCUT2D eigenvalue weighted by Crippen LogP contribution is 2.08. The first-order chi connectivity index (χ1) is 7.61. The van der Waals surface area contributed by atoms with Gasteiger partial charge >= 0.3 is 5.97 Å². The normalized spacial score (nSPS) is 14.3. The zero-order valence-electron chi connectivity index (χ0n) is 9.52. The Morgan fingerprint density at radius 1 is 1.50 bits per heavy atom. The summed E-state index contributed by atoms with van der Waals surface area (Å²) in [6, 6.07) is 0. The molecule has 1 amide bonds. The van der Waals surface area contributed by atoms with Gasteiger partial charge < -0.3 is 9.64 Å². The molecule has 1 heterocycles. The Balaban J connectivity index is 0.000000281. The minimum absolute atomic E-state index is 0.208. The first-order valence-electron chi connectivity index (χ1n) is 4.98. The Morgan fingerprint density at radius 3 is 2.50 bits per heavy atom. The molecule has 0 aromatic rings. The van der Waals surface area contributed by atoms with Crippen molar-refractivity contribution < 1.29 is 14.3 Å². The minimum Gasteiger partial charge on any atom is -0.435 e. The van der Waals surface area contributed by atoms with E-state index in [0.29, 0.717) is 6.42 Å². The lowest BCUT2D eigenvalue weighted by atomic mass is 10.4. The highest BCUT2D eigenvalue weighted by Gasteiger charge is 2.15. The van der Waals surface area contributed by atoms with Crippen molar-refractivity contribution in [1.29, 1.82) is 0 Å². The topological polar surface area (TPSA) is 46.6 Å². The fraction of sp³-hybridized carbons (Fsp3) is 0.333. The van der Waals surface area contributed by atoms with E-state index in [9.17, 15) is 9.59 Å². The second-order valence-corrected chi connectivity index (χ2v) is 3.05. The Kier molecular flexibility index (Phi) is 7.49. The van der Waals surface area contributed by atoms with Crippen molar-refractivity contribution in [1.82, 2.24) is 4.90 Å². The van der Waals surface area contributed by atoms with E-state index in [1.165, 1.54) is 19.3 Å². The van der Waals surface area contributed by atoms with Crippen molar-refractivity contribution in [2.45, 2.75) is 19.8 Å². The van der Waals surface area contributed by atoms with Gasteiger partial charge in [0.05, 0.1) is 6.26 Å². The number of ether oxygens (including phenoxy) is 1. The number of carbonyl (C=O) groups is 2. The Morgan fingerprint density at radius 2 is 2.19 bits per heavy atom. The lowest BCUT2D eigenvalue weighted by Gasteiger charge is -2.05. The van der Waals surface area contributed by atoms with Gasteiger partial charge in [-0.25, -0.2) is 0 Å². The third-order valence-electron chi connectivity index (χ3n) is 1.78. The Labute approximate surface area is 95.9 Å². The van der Waals surface area contributed by atoms with Crippen LogP contribution in [0.25, 0.3) is 0 Å². The summed E-state index contributed by atoms with van der Waals surface area (Å²) >= 11 is 0. The molecule has 0 radical (unpaired) electrons. The van der Waals surface area contributed by atoms with Crippen molar-refractivity contribution >= 4 is 11.9 Å². The zero-order valence-corrected chi connectivity index (χ0v) is 9.52. The minimum atomic E-state index is -0.317. The number of rotatable bonds is 3. The van der Waals surface area contributed by atoms with Crippen LogP contribution in [0.5, 0.6) is 0 Å². The monoisotopic (exact) mass is 223 g/mol. The molecule has 4 heteroatoms. The summed E-state index contributed by atoms with van der Waals surface area (Å²) < 4.78 is 4.39. The van der Waals surface area contributed by atoms with Crippen LogP contribution in [-0.2, 0) is 14.3 Å². The van der Waals surface area contributed by atoms with Gasteiger partial charge in [0.2, 0.25) is 5.91 Å². The van der Waals surface area contributed by atoms with Gasteiger partial charge in [-0.3, -0.25) is 9.59 Å². The van der Waals surface area contributed by atoms with E-state index in [1.807, 2.05) is 0 Å². The number of esters is 1. The van der Waals surface area contributed by atoms with Crippen molar-refractivity contribution in [2.75, 3.05) is 6.54 Å². The largest absolute Gasteiger partial charge is 0.435 e. The lowest BCUT2D eigenvalue weighted by molar-refractivity contribution is -0.135. The first-order valence-corrected chi connectivity index (χ1v) is 4.98. The van der Waals surface area contributed by atoms with E-state index in [1.54, 1.807) is 17.2 Å². The van der Waals surface area contributed by atoms with Gasteiger partial charge in [-0.15, -0.1) is 0 Å². The summed E-state index contributed by atoms with van der Waals surface area (Å²) in [4.78, 5) is 22.3. The van der Waals surface area contributed by atoms with Crippen molar-refractivity contribution in [2.24, 2.45) is 0 Å². The average Bonchev–Trinajstić information content (AvgIpc) is 2.65. The molecule has 88 valence electrons. The predicted octanol–water partition coefficient (Wildman–Crippen LogP) is 2.00. The number of allylic oxidation sites excluding steroid dienone is 2. The average molecular weight is 223 g/mol. The SMILES string of the molecule is C=CC=COC(C)=O.C=CN1CCCC1=O. The van der Waals surface area contributed by atoms with Crippen LogP contribution < -0.4 is 0 Å². The molecule has 0 spiro atoms. The summed E-state index contributed by atoms with van der Waals surface area (Å²) in [5, 5.41) is 0. The van der Waals surface area contributed by atoms with Crippen molar-refractivity contribution in [3.8, 4) is 0 Å². The van der Waals surface area contributed by atoms with Gasteiger partial charge in [-0.1, -0.05) is 19.2 Å². The maximum absolute atomic E-state index is 10.7. The van der Waals surface area contributed by atoms with E-state index in [4.69, 9.17) is 0 Å². The molecule has 0 saturated carbocycles. The lowest BCUT2D eigenvalue weighted by Crippen LogP contribution is -2.16. The number of hydrogen-bond donors (Lipinski definition) is 0. The van der Waals surface area contributed by atoms with Crippen LogP contribution in [0.3, 0.4) is 0 Å². The number of likely N-dealkylation sites (tertiary alicyclic amines) is 1. The quantitative estimate of drug-likeness (QED) is 0.417. The molecule has 0 unspecified atom stereocenters. The zero-order chi connectivity index (χ0) is 12.4. The molecule has 1 fully saturated rings.